The molecule has 5 nitrogen and oxygen atoms in total. The highest BCUT2D eigenvalue weighted by Crippen LogP contribution is 2.16. The Balaban J connectivity index is 1.92. The van der Waals surface area contributed by atoms with Crippen molar-refractivity contribution < 1.29 is 9.59 Å². The predicted octanol–water partition coefficient (Wildman–Crippen LogP) is 1.44. The summed E-state index contributed by atoms with van der Waals surface area (Å²) in [7, 11) is 0. The van der Waals surface area contributed by atoms with E-state index < -0.39 is 0 Å². The zero-order valence-electron chi connectivity index (χ0n) is 12.0. The fourth-order valence-corrected chi connectivity index (χ4v) is 2.34. The van der Waals surface area contributed by atoms with Crippen molar-refractivity contribution in [3.8, 4) is 0 Å². The minimum Gasteiger partial charge on any atom is -0.385 e. The molecule has 108 valence electrons. The van der Waals surface area contributed by atoms with Crippen LogP contribution in [0, 0.1) is 6.92 Å². The SMILES string of the molecule is CCNc1ccc(C(=O)NCC2CCC(=O)N2)cc1C. The van der Waals surface area contributed by atoms with Crippen molar-refractivity contribution in [2.45, 2.75) is 32.7 Å². The first-order chi connectivity index (χ1) is 9.60. The number of rotatable bonds is 5. The van der Waals surface area contributed by atoms with Crippen LogP contribution < -0.4 is 16.0 Å². The Morgan fingerprint density at radius 3 is 2.85 bits per heavy atom. The zero-order chi connectivity index (χ0) is 14.5. The molecule has 2 amide bonds. The third kappa shape index (κ3) is 3.50. The van der Waals surface area contributed by atoms with E-state index in [9.17, 15) is 9.59 Å². The van der Waals surface area contributed by atoms with Crippen LogP contribution in [0.3, 0.4) is 0 Å². The van der Waals surface area contributed by atoms with Crippen molar-refractivity contribution in [3.05, 3.63) is 29.3 Å². The first-order valence-electron chi connectivity index (χ1n) is 7.02. The summed E-state index contributed by atoms with van der Waals surface area (Å²) in [5.41, 5.74) is 2.74. The number of carbonyl (C=O) groups is 2. The predicted molar refractivity (Wildman–Crippen MR) is 78.8 cm³/mol. The van der Waals surface area contributed by atoms with Crippen LogP contribution in [-0.4, -0.2) is 30.9 Å². The van der Waals surface area contributed by atoms with Gasteiger partial charge in [-0.15, -0.1) is 0 Å². The highest BCUT2D eigenvalue weighted by Gasteiger charge is 2.21. The number of amides is 2. The van der Waals surface area contributed by atoms with E-state index in [0.29, 0.717) is 18.5 Å². The average molecular weight is 275 g/mol. The van der Waals surface area contributed by atoms with E-state index in [1.807, 2.05) is 32.0 Å². The van der Waals surface area contributed by atoms with Crippen molar-refractivity contribution in [3.63, 3.8) is 0 Å². The van der Waals surface area contributed by atoms with Gasteiger partial charge in [-0.05, 0) is 44.0 Å². The Labute approximate surface area is 119 Å². The Morgan fingerprint density at radius 2 is 2.25 bits per heavy atom. The first-order valence-corrected chi connectivity index (χ1v) is 7.02. The summed E-state index contributed by atoms with van der Waals surface area (Å²) in [6.45, 7) is 5.36. The molecular weight excluding hydrogens is 254 g/mol. The molecule has 0 saturated carbocycles. The molecule has 1 unspecified atom stereocenters. The van der Waals surface area contributed by atoms with Gasteiger partial charge >= 0.3 is 0 Å². The molecule has 1 aromatic rings. The molecule has 5 heteroatoms. The number of nitrogens with one attached hydrogen (secondary N) is 3. The standard InChI is InChI=1S/C15H21N3O2/c1-3-16-13-6-4-11(8-10(13)2)15(20)17-9-12-5-7-14(19)18-12/h4,6,8,12,16H,3,5,7,9H2,1-2H3,(H,17,20)(H,18,19). The van der Waals surface area contributed by atoms with E-state index in [4.69, 9.17) is 0 Å². The van der Waals surface area contributed by atoms with E-state index in [1.54, 1.807) is 0 Å². The van der Waals surface area contributed by atoms with Crippen LogP contribution in [0.4, 0.5) is 5.69 Å². The summed E-state index contributed by atoms with van der Waals surface area (Å²) in [6.07, 6.45) is 1.34. The Kier molecular flexibility index (Phi) is 4.61. The monoisotopic (exact) mass is 275 g/mol. The fraction of sp³-hybridized carbons (Fsp3) is 0.467. The van der Waals surface area contributed by atoms with Crippen LogP contribution in [0.25, 0.3) is 0 Å². The number of aryl methyl sites for hydroxylation is 1. The van der Waals surface area contributed by atoms with E-state index in [0.717, 1.165) is 24.2 Å². The zero-order valence-corrected chi connectivity index (χ0v) is 12.0. The van der Waals surface area contributed by atoms with Crippen LogP contribution in [0.5, 0.6) is 0 Å². The maximum atomic E-state index is 12.1. The molecule has 1 fully saturated rings. The van der Waals surface area contributed by atoms with E-state index in [1.165, 1.54) is 0 Å². The van der Waals surface area contributed by atoms with Gasteiger partial charge in [0.25, 0.3) is 5.91 Å². The summed E-state index contributed by atoms with van der Waals surface area (Å²) in [5.74, 6) is -0.0348. The highest BCUT2D eigenvalue weighted by atomic mass is 16.2. The molecule has 3 N–H and O–H groups in total. The topological polar surface area (TPSA) is 70.2 Å². The van der Waals surface area contributed by atoms with Gasteiger partial charge in [-0.3, -0.25) is 9.59 Å². The third-order valence-corrected chi connectivity index (χ3v) is 3.45. The average Bonchev–Trinajstić information content (AvgIpc) is 2.84. The van der Waals surface area contributed by atoms with Gasteiger partial charge < -0.3 is 16.0 Å². The molecule has 1 aliphatic heterocycles. The number of benzene rings is 1. The second-order valence-corrected chi connectivity index (χ2v) is 5.07. The quantitative estimate of drug-likeness (QED) is 0.761. The summed E-state index contributed by atoms with van der Waals surface area (Å²) >= 11 is 0. The van der Waals surface area contributed by atoms with Crippen LogP contribution >= 0.6 is 0 Å². The maximum absolute atomic E-state index is 12.1. The molecule has 20 heavy (non-hydrogen) atoms. The fourth-order valence-electron chi connectivity index (χ4n) is 2.34. The second-order valence-electron chi connectivity index (χ2n) is 5.07. The van der Waals surface area contributed by atoms with Gasteiger partial charge in [0, 0.05) is 36.8 Å². The van der Waals surface area contributed by atoms with Crippen molar-refractivity contribution in [2.75, 3.05) is 18.4 Å². The van der Waals surface area contributed by atoms with E-state index >= 15 is 0 Å². The Hall–Kier alpha value is -2.04. The maximum Gasteiger partial charge on any atom is 0.251 e. The molecule has 0 radical (unpaired) electrons. The normalized spacial score (nSPS) is 17.7. The minimum absolute atomic E-state index is 0.0635. The lowest BCUT2D eigenvalue weighted by atomic mass is 10.1. The molecule has 1 aliphatic rings. The molecule has 1 saturated heterocycles. The number of hydrogen-bond acceptors (Lipinski definition) is 3. The van der Waals surface area contributed by atoms with Gasteiger partial charge in [0.1, 0.15) is 0 Å². The first kappa shape index (κ1) is 14.4. The van der Waals surface area contributed by atoms with Gasteiger partial charge in [0.2, 0.25) is 5.91 Å². The van der Waals surface area contributed by atoms with Crippen LogP contribution in [0.2, 0.25) is 0 Å². The van der Waals surface area contributed by atoms with Crippen LogP contribution in [-0.2, 0) is 4.79 Å². The summed E-state index contributed by atoms with van der Waals surface area (Å²) < 4.78 is 0. The second kappa shape index (κ2) is 6.41. The lowest BCUT2D eigenvalue weighted by Crippen LogP contribution is -2.38. The van der Waals surface area contributed by atoms with Gasteiger partial charge in [-0.25, -0.2) is 0 Å². The summed E-state index contributed by atoms with van der Waals surface area (Å²) in [5, 5.41) is 8.94. The Bertz CT molecular complexity index is 514. The minimum atomic E-state index is -0.0997. The number of carbonyl (C=O) groups excluding carboxylic acids is 2. The van der Waals surface area contributed by atoms with E-state index in [2.05, 4.69) is 16.0 Å². The summed E-state index contributed by atoms with van der Waals surface area (Å²) in [6, 6.07) is 5.67. The smallest absolute Gasteiger partial charge is 0.251 e. The molecule has 0 aliphatic carbocycles. The molecule has 2 rings (SSSR count). The largest absolute Gasteiger partial charge is 0.385 e. The van der Waals surface area contributed by atoms with E-state index in [-0.39, 0.29) is 17.9 Å². The molecule has 1 heterocycles. The van der Waals surface area contributed by atoms with Crippen molar-refractivity contribution in [1.82, 2.24) is 10.6 Å². The van der Waals surface area contributed by atoms with Gasteiger partial charge in [-0.2, -0.15) is 0 Å². The molecule has 0 bridgehead atoms. The molecule has 1 atom stereocenters. The van der Waals surface area contributed by atoms with Gasteiger partial charge in [0.05, 0.1) is 0 Å². The summed E-state index contributed by atoms with van der Waals surface area (Å²) in [4.78, 5) is 23.1. The van der Waals surface area contributed by atoms with Crippen LogP contribution in [0.1, 0.15) is 35.7 Å². The lowest BCUT2D eigenvalue weighted by molar-refractivity contribution is -0.119. The van der Waals surface area contributed by atoms with Gasteiger partial charge in [-0.1, -0.05) is 0 Å². The lowest BCUT2D eigenvalue weighted by Gasteiger charge is -2.13. The molecule has 0 aromatic heterocycles. The van der Waals surface area contributed by atoms with Crippen molar-refractivity contribution >= 4 is 17.5 Å². The van der Waals surface area contributed by atoms with Crippen molar-refractivity contribution in [1.29, 1.82) is 0 Å². The number of hydrogen-bond donors (Lipinski definition) is 3. The molecular formula is C15H21N3O2. The number of anilines is 1. The highest BCUT2D eigenvalue weighted by molar-refractivity contribution is 5.95. The van der Waals surface area contributed by atoms with Crippen LogP contribution in [0.15, 0.2) is 18.2 Å². The molecule has 1 aromatic carbocycles. The Morgan fingerprint density at radius 1 is 1.45 bits per heavy atom. The van der Waals surface area contributed by atoms with Crippen molar-refractivity contribution in [2.24, 2.45) is 0 Å². The molecule has 0 spiro atoms. The van der Waals surface area contributed by atoms with Gasteiger partial charge in [0.15, 0.2) is 0 Å². The third-order valence-electron chi connectivity index (χ3n) is 3.45.